The van der Waals surface area contributed by atoms with Gasteiger partial charge in [0.05, 0.1) is 0 Å². The van der Waals surface area contributed by atoms with E-state index >= 15 is 0 Å². The Morgan fingerprint density at radius 1 is 0.513 bits per heavy atom. The van der Waals surface area contributed by atoms with Crippen LogP contribution in [-0.2, 0) is 10.8 Å². The second kappa shape index (κ2) is 12.5. The minimum absolute atomic E-state index is 0. The van der Waals surface area contributed by atoms with Crippen LogP contribution in [0.4, 0.5) is 0 Å². The Bertz CT molecular complexity index is 1370. The summed E-state index contributed by atoms with van der Waals surface area (Å²) in [5.41, 5.74) is 11.7. The van der Waals surface area contributed by atoms with E-state index in [9.17, 15) is 0 Å². The van der Waals surface area contributed by atoms with E-state index in [4.69, 9.17) is 0 Å². The van der Waals surface area contributed by atoms with Crippen molar-refractivity contribution >= 4 is 21.7 Å². The van der Waals surface area contributed by atoms with Crippen LogP contribution in [-0.4, -0.2) is 9.52 Å². The van der Waals surface area contributed by atoms with E-state index in [2.05, 4.69) is 135 Å². The third kappa shape index (κ3) is 4.84. The van der Waals surface area contributed by atoms with E-state index in [0.29, 0.717) is 0 Å². The first-order valence-electron chi connectivity index (χ1n) is 13.7. The fourth-order valence-corrected chi connectivity index (χ4v) is 9.10. The first kappa shape index (κ1) is 29.7. The summed E-state index contributed by atoms with van der Waals surface area (Å²) in [7, 11) is 0.814. The van der Waals surface area contributed by atoms with Crippen molar-refractivity contribution in [1.29, 1.82) is 0 Å². The van der Waals surface area contributed by atoms with Crippen LogP contribution >= 0.6 is 0 Å². The topological polar surface area (TPSA) is 0 Å². The molecule has 0 fully saturated rings. The zero-order valence-electron chi connectivity index (χ0n) is 25.9. The van der Waals surface area contributed by atoms with Gasteiger partial charge in [-0.2, -0.15) is 0 Å². The standard InChI is InChI=1S/C36H34Si.2Li.2H/c1-3-29-23-27-15-11-13-21-33(27)35(29,31-17-7-5-8-18-31)25-37-26-36(32-19-9-6-10-20-32)30(4-2)24-28-16-12-14-22-34(28)36;;;;/h5-24H,3-4,25-26H2,1-2H3;;;;/q;2*+1;2*-1. The van der Waals surface area contributed by atoms with E-state index in [1.54, 1.807) is 11.1 Å². The van der Waals surface area contributed by atoms with Crippen molar-refractivity contribution in [2.75, 3.05) is 0 Å². The van der Waals surface area contributed by atoms with E-state index < -0.39 is 0 Å². The van der Waals surface area contributed by atoms with Gasteiger partial charge < -0.3 is 2.85 Å². The second-order valence-corrected chi connectivity index (χ2v) is 11.6. The molecule has 2 radical (unpaired) electrons. The van der Waals surface area contributed by atoms with Crippen molar-refractivity contribution in [3.63, 3.8) is 0 Å². The molecule has 2 aliphatic rings. The fraction of sp³-hybridized carbons (Fsp3) is 0.222. The summed E-state index contributed by atoms with van der Waals surface area (Å²) < 4.78 is 0. The van der Waals surface area contributed by atoms with E-state index in [1.807, 2.05) is 0 Å². The molecule has 0 heterocycles. The van der Waals surface area contributed by atoms with Gasteiger partial charge in [-0.25, -0.2) is 0 Å². The average molecular weight is 511 g/mol. The molecular weight excluding hydrogens is 474 g/mol. The van der Waals surface area contributed by atoms with Crippen molar-refractivity contribution in [2.45, 2.75) is 49.6 Å². The Morgan fingerprint density at radius 3 is 1.26 bits per heavy atom. The van der Waals surface area contributed by atoms with Gasteiger partial charge in [-0.3, -0.25) is 0 Å². The molecule has 0 spiro atoms. The largest absolute Gasteiger partial charge is 1.00 e. The predicted molar refractivity (Wildman–Crippen MR) is 161 cm³/mol. The van der Waals surface area contributed by atoms with Gasteiger partial charge in [-0.15, -0.1) is 0 Å². The van der Waals surface area contributed by atoms with Gasteiger partial charge in [-0.1, -0.05) is 146 Å². The van der Waals surface area contributed by atoms with Gasteiger partial charge in [0.25, 0.3) is 0 Å². The van der Waals surface area contributed by atoms with Gasteiger partial charge in [0.15, 0.2) is 0 Å². The van der Waals surface area contributed by atoms with Crippen molar-refractivity contribution in [3.8, 4) is 0 Å². The molecule has 39 heavy (non-hydrogen) atoms. The number of allylic oxidation sites excluding steroid dienone is 2. The third-order valence-electron chi connectivity index (χ3n) is 8.67. The average Bonchev–Trinajstić information content (AvgIpc) is 3.47. The molecule has 0 bridgehead atoms. The minimum atomic E-state index is -0.0445. The molecular formula is C36H36Li2Si. The summed E-state index contributed by atoms with van der Waals surface area (Å²) in [6, 6.07) is 43.0. The van der Waals surface area contributed by atoms with Gasteiger partial charge in [0.2, 0.25) is 0 Å². The molecule has 0 saturated heterocycles. The van der Waals surface area contributed by atoms with Gasteiger partial charge >= 0.3 is 37.7 Å². The summed E-state index contributed by atoms with van der Waals surface area (Å²) in [6.07, 6.45) is 7.09. The molecule has 0 saturated carbocycles. The Hall–Kier alpha value is -2.23. The smallest absolute Gasteiger partial charge is 1.00 e. The third-order valence-corrected chi connectivity index (χ3v) is 10.2. The van der Waals surface area contributed by atoms with Crippen LogP contribution in [0.25, 0.3) is 12.2 Å². The SMILES string of the molecule is CCC1=Cc2ccccc2C1(C[Si]CC1(c2ccccc2)C(CC)=Cc2ccccc21)c1ccccc1.[H-].[H-].[Li+].[Li+]. The molecule has 0 aliphatic heterocycles. The number of hydrogen-bond acceptors (Lipinski definition) is 0. The van der Waals surface area contributed by atoms with Crippen molar-refractivity contribution in [2.24, 2.45) is 0 Å². The molecule has 2 aliphatic carbocycles. The first-order chi connectivity index (χ1) is 18.2. The Labute approximate surface area is 264 Å². The molecule has 0 N–H and O–H groups in total. The fourth-order valence-electron chi connectivity index (χ4n) is 6.98. The molecule has 0 aromatic heterocycles. The molecule has 0 nitrogen and oxygen atoms in total. The van der Waals surface area contributed by atoms with E-state index in [0.717, 1.165) is 34.4 Å². The van der Waals surface area contributed by atoms with Crippen molar-refractivity contribution in [3.05, 3.63) is 154 Å². The number of benzene rings is 4. The molecule has 186 valence electrons. The maximum Gasteiger partial charge on any atom is 1.00 e. The van der Waals surface area contributed by atoms with E-state index in [-0.39, 0.29) is 51.4 Å². The summed E-state index contributed by atoms with van der Waals surface area (Å²) in [5.74, 6) is 0. The Morgan fingerprint density at radius 2 is 0.872 bits per heavy atom. The summed E-state index contributed by atoms with van der Waals surface area (Å²) in [4.78, 5) is 0. The summed E-state index contributed by atoms with van der Waals surface area (Å²) in [6.45, 7) is 4.66. The van der Waals surface area contributed by atoms with Gasteiger partial charge in [0.1, 0.15) is 0 Å². The quantitative estimate of drug-likeness (QED) is 0.319. The van der Waals surface area contributed by atoms with Crippen LogP contribution in [0.2, 0.25) is 12.1 Å². The van der Waals surface area contributed by atoms with Gasteiger partial charge in [0, 0.05) is 20.3 Å². The number of fused-ring (bicyclic) bond motifs is 2. The van der Waals surface area contributed by atoms with Crippen molar-refractivity contribution in [1.82, 2.24) is 0 Å². The molecule has 0 amide bonds. The molecule has 6 rings (SSSR count). The zero-order chi connectivity index (χ0) is 25.3. The van der Waals surface area contributed by atoms with E-state index in [1.165, 1.54) is 33.4 Å². The second-order valence-electron chi connectivity index (χ2n) is 10.4. The van der Waals surface area contributed by atoms with Crippen molar-refractivity contribution < 1.29 is 40.6 Å². The monoisotopic (exact) mass is 510 g/mol. The maximum absolute atomic E-state index is 2.47. The van der Waals surface area contributed by atoms with Crippen LogP contribution < -0.4 is 37.7 Å². The van der Waals surface area contributed by atoms with Crippen LogP contribution in [0.3, 0.4) is 0 Å². The predicted octanol–water partition coefficient (Wildman–Crippen LogP) is 3.35. The Balaban J connectivity index is 0.00000147. The molecule has 4 aromatic rings. The molecule has 4 aromatic carbocycles. The van der Waals surface area contributed by atoms with Crippen LogP contribution in [0.1, 0.15) is 62.9 Å². The summed E-state index contributed by atoms with van der Waals surface area (Å²) in [5, 5.41) is 0. The van der Waals surface area contributed by atoms with Gasteiger partial charge in [-0.05, 0) is 58.3 Å². The first-order valence-corrected chi connectivity index (χ1v) is 15.1. The summed E-state index contributed by atoms with van der Waals surface area (Å²) >= 11 is 0. The normalized spacial score (nSPS) is 20.7. The zero-order valence-corrected chi connectivity index (χ0v) is 24.9. The molecule has 2 atom stereocenters. The maximum atomic E-state index is 2.47. The number of hydrogen-bond donors (Lipinski definition) is 0. The van der Waals surface area contributed by atoms with Crippen LogP contribution in [0.5, 0.6) is 0 Å². The minimum Gasteiger partial charge on any atom is -1.00 e. The Kier molecular flexibility index (Phi) is 9.55. The van der Waals surface area contributed by atoms with Crippen LogP contribution in [0, 0.1) is 0 Å². The molecule has 3 heteroatoms. The number of rotatable bonds is 8. The molecule has 2 unspecified atom stereocenters. The van der Waals surface area contributed by atoms with Crippen LogP contribution in [0.15, 0.2) is 120 Å².